The molecule has 3 nitrogen and oxygen atoms in total. The van der Waals surface area contributed by atoms with Crippen LogP contribution < -0.4 is 0 Å². The first kappa shape index (κ1) is 8.59. The van der Waals surface area contributed by atoms with Crippen LogP contribution in [0.2, 0.25) is 0 Å². The van der Waals surface area contributed by atoms with Crippen molar-refractivity contribution in [1.29, 1.82) is 0 Å². The van der Waals surface area contributed by atoms with E-state index in [0.29, 0.717) is 16.8 Å². The molecule has 0 unspecified atom stereocenters. The average Bonchev–Trinajstić information content (AvgIpc) is 2.06. The third-order valence-corrected chi connectivity index (χ3v) is 1.92. The molecule has 0 bridgehead atoms. The Balaban J connectivity index is 3.43. The van der Waals surface area contributed by atoms with Crippen LogP contribution >= 0.6 is 0 Å². The topological polar surface area (TPSA) is 46.5 Å². The lowest BCUT2D eigenvalue weighted by Crippen LogP contribution is -1.90. The number of aryl methyl sites for hydroxylation is 1. The number of nitrogens with zero attached hydrogens (tertiary/aromatic N) is 1. The van der Waals surface area contributed by atoms with Gasteiger partial charge in [0.15, 0.2) is 6.29 Å². The predicted molar refractivity (Wildman–Crippen MR) is 46.8 cm³/mol. The van der Waals surface area contributed by atoms with Crippen LogP contribution in [0.4, 0.5) is 5.69 Å². The normalized spacial score (nSPS) is 9.50. The van der Waals surface area contributed by atoms with E-state index in [0.717, 1.165) is 11.8 Å². The standard InChI is InChI=1S/C9H9NO2/c1-6-3-4-9(10-12)7(2)8(6)5-11/h3-5H,1-2H3. The van der Waals surface area contributed by atoms with Crippen molar-refractivity contribution in [1.82, 2.24) is 0 Å². The van der Waals surface area contributed by atoms with Crippen molar-refractivity contribution in [3.05, 3.63) is 33.7 Å². The maximum atomic E-state index is 10.6. The van der Waals surface area contributed by atoms with Gasteiger partial charge < -0.3 is 0 Å². The highest BCUT2D eigenvalue weighted by atomic mass is 16.3. The predicted octanol–water partition coefficient (Wildman–Crippen LogP) is 2.51. The minimum Gasteiger partial charge on any atom is -0.298 e. The van der Waals surface area contributed by atoms with Gasteiger partial charge in [-0.05, 0) is 36.2 Å². The molecule has 1 aromatic carbocycles. The molecule has 0 spiro atoms. The zero-order chi connectivity index (χ0) is 9.14. The Hall–Kier alpha value is -1.51. The number of aldehydes is 1. The molecule has 0 aliphatic heterocycles. The second-order valence-corrected chi connectivity index (χ2v) is 2.65. The van der Waals surface area contributed by atoms with E-state index in [1.807, 2.05) is 6.92 Å². The highest BCUT2D eigenvalue weighted by molar-refractivity contribution is 5.82. The minimum atomic E-state index is 0.336. The van der Waals surface area contributed by atoms with E-state index in [9.17, 15) is 9.70 Å². The highest BCUT2D eigenvalue weighted by Crippen LogP contribution is 2.22. The van der Waals surface area contributed by atoms with E-state index in [4.69, 9.17) is 0 Å². The second kappa shape index (κ2) is 3.26. The number of nitroso groups, excluding NO2 is 1. The summed E-state index contributed by atoms with van der Waals surface area (Å²) in [5.74, 6) is 0. The maximum absolute atomic E-state index is 10.6. The minimum absolute atomic E-state index is 0.336. The lowest BCUT2D eigenvalue weighted by Gasteiger charge is -2.03. The van der Waals surface area contributed by atoms with Gasteiger partial charge in [0, 0.05) is 5.56 Å². The molecule has 0 heterocycles. The van der Waals surface area contributed by atoms with E-state index in [1.165, 1.54) is 0 Å². The summed E-state index contributed by atoms with van der Waals surface area (Å²) in [6, 6.07) is 3.33. The van der Waals surface area contributed by atoms with E-state index >= 15 is 0 Å². The number of hydrogen-bond donors (Lipinski definition) is 0. The van der Waals surface area contributed by atoms with Crippen molar-refractivity contribution >= 4 is 12.0 Å². The summed E-state index contributed by atoms with van der Waals surface area (Å²) in [5.41, 5.74) is 2.42. The van der Waals surface area contributed by atoms with Crippen LogP contribution in [0.5, 0.6) is 0 Å². The molecule has 0 fully saturated rings. The molecule has 0 aromatic heterocycles. The van der Waals surface area contributed by atoms with E-state index < -0.39 is 0 Å². The Bertz CT molecular complexity index is 332. The monoisotopic (exact) mass is 163 g/mol. The van der Waals surface area contributed by atoms with Gasteiger partial charge in [-0.2, -0.15) is 0 Å². The molecule has 0 aliphatic rings. The molecule has 3 heteroatoms. The number of hydrogen-bond acceptors (Lipinski definition) is 3. The Morgan fingerprint density at radius 2 is 2.00 bits per heavy atom. The molecule has 0 saturated heterocycles. The quantitative estimate of drug-likeness (QED) is 0.496. The van der Waals surface area contributed by atoms with Crippen LogP contribution in [0.3, 0.4) is 0 Å². The molecule has 0 amide bonds. The number of carbonyl (C=O) groups excluding carboxylic acids is 1. The van der Waals surface area contributed by atoms with Crippen LogP contribution in [-0.4, -0.2) is 6.29 Å². The maximum Gasteiger partial charge on any atom is 0.150 e. The first-order valence-electron chi connectivity index (χ1n) is 3.59. The summed E-state index contributed by atoms with van der Waals surface area (Å²) in [6.45, 7) is 3.54. The van der Waals surface area contributed by atoms with Crippen LogP contribution in [0.15, 0.2) is 17.3 Å². The summed E-state index contributed by atoms with van der Waals surface area (Å²) < 4.78 is 0. The fourth-order valence-corrected chi connectivity index (χ4v) is 1.13. The first-order chi connectivity index (χ1) is 5.70. The van der Waals surface area contributed by atoms with Crippen molar-refractivity contribution in [2.45, 2.75) is 13.8 Å². The summed E-state index contributed by atoms with van der Waals surface area (Å²) in [6.07, 6.45) is 0.749. The molecule has 0 saturated carbocycles. The number of carbonyl (C=O) groups is 1. The van der Waals surface area contributed by atoms with Gasteiger partial charge in [-0.3, -0.25) is 4.79 Å². The Labute approximate surface area is 70.4 Å². The van der Waals surface area contributed by atoms with Crippen molar-refractivity contribution in [2.75, 3.05) is 0 Å². The summed E-state index contributed by atoms with van der Waals surface area (Å²) in [4.78, 5) is 20.8. The molecule has 1 aromatic rings. The average molecular weight is 163 g/mol. The van der Waals surface area contributed by atoms with E-state index in [-0.39, 0.29) is 0 Å². The van der Waals surface area contributed by atoms with Gasteiger partial charge in [0.05, 0.1) is 0 Å². The lowest BCUT2D eigenvalue weighted by atomic mass is 10.0. The van der Waals surface area contributed by atoms with Crippen molar-refractivity contribution < 1.29 is 4.79 Å². The second-order valence-electron chi connectivity index (χ2n) is 2.65. The van der Waals surface area contributed by atoms with Gasteiger partial charge in [0.2, 0.25) is 0 Å². The Morgan fingerprint density at radius 1 is 1.33 bits per heavy atom. The first-order valence-corrected chi connectivity index (χ1v) is 3.59. The third-order valence-electron chi connectivity index (χ3n) is 1.92. The largest absolute Gasteiger partial charge is 0.298 e. The lowest BCUT2D eigenvalue weighted by molar-refractivity contribution is 0.112. The summed E-state index contributed by atoms with van der Waals surface area (Å²) in [5, 5.41) is 2.81. The summed E-state index contributed by atoms with van der Waals surface area (Å²) in [7, 11) is 0. The molecule has 0 N–H and O–H groups in total. The fourth-order valence-electron chi connectivity index (χ4n) is 1.13. The Kier molecular flexibility index (Phi) is 2.33. The van der Waals surface area contributed by atoms with Gasteiger partial charge >= 0.3 is 0 Å². The van der Waals surface area contributed by atoms with Crippen molar-refractivity contribution in [3.63, 3.8) is 0 Å². The molecular formula is C9H9NO2. The van der Waals surface area contributed by atoms with Gasteiger partial charge in [0.25, 0.3) is 0 Å². The van der Waals surface area contributed by atoms with Crippen molar-refractivity contribution in [2.24, 2.45) is 5.18 Å². The van der Waals surface area contributed by atoms with Crippen LogP contribution in [0.1, 0.15) is 21.5 Å². The van der Waals surface area contributed by atoms with Crippen molar-refractivity contribution in [3.8, 4) is 0 Å². The van der Waals surface area contributed by atoms with Gasteiger partial charge in [0.1, 0.15) is 5.69 Å². The van der Waals surface area contributed by atoms with Gasteiger partial charge in [-0.1, -0.05) is 6.07 Å². The molecule has 62 valence electrons. The molecule has 1 rings (SSSR count). The molecule has 12 heavy (non-hydrogen) atoms. The zero-order valence-electron chi connectivity index (χ0n) is 7.00. The molecule has 0 aliphatic carbocycles. The van der Waals surface area contributed by atoms with E-state index in [1.54, 1.807) is 19.1 Å². The molecule has 0 atom stereocenters. The molecular weight excluding hydrogens is 154 g/mol. The molecule has 0 radical (unpaired) electrons. The smallest absolute Gasteiger partial charge is 0.150 e. The Morgan fingerprint density at radius 3 is 2.50 bits per heavy atom. The van der Waals surface area contributed by atoms with Gasteiger partial charge in [-0.25, -0.2) is 0 Å². The van der Waals surface area contributed by atoms with E-state index in [2.05, 4.69) is 5.18 Å². The number of rotatable bonds is 2. The fraction of sp³-hybridized carbons (Fsp3) is 0.222. The van der Waals surface area contributed by atoms with Crippen LogP contribution in [-0.2, 0) is 0 Å². The third kappa shape index (κ3) is 1.25. The van der Waals surface area contributed by atoms with Gasteiger partial charge in [-0.15, -0.1) is 4.91 Å². The zero-order valence-corrected chi connectivity index (χ0v) is 7.00. The van der Waals surface area contributed by atoms with Crippen LogP contribution in [0, 0.1) is 18.8 Å². The highest BCUT2D eigenvalue weighted by Gasteiger charge is 2.05. The SMILES string of the molecule is Cc1ccc(N=O)c(C)c1C=O. The van der Waals surface area contributed by atoms with Crippen LogP contribution in [0.25, 0.3) is 0 Å². The number of benzene rings is 1. The summed E-state index contributed by atoms with van der Waals surface area (Å²) >= 11 is 0.